The standard InChI is InChI=1S/C8H16O2/c1-9-7-10-6-8-4-2-3-5-8/h8H,2-7H2,1H3. The number of hydrogen-bond acceptors (Lipinski definition) is 2. The van der Waals surface area contributed by atoms with E-state index in [1.54, 1.807) is 7.11 Å². The Morgan fingerprint density at radius 3 is 2.60 bits per heavy atom. The fourth-order valence-corrected chi connectivity index (χ4v) is 1.48. The van der Waals surface area contributed by atoms with Crippen molar-refractivity contribution in [3.63, 3.8) is 0 Å². The number of rotatable bonds is 4. The van der Waals surface area contributed by atoms with Gasteiger partial charge in [-0.15, -0.1) is 0 Å². The fourth-order valence-electron chi connectivity index (χ4n) is 1.48. The van der Waals surface area contributed by atoms with Gasteiger partial charge in [-0.2, -0.15) is 0 Å². The van der Waals surface area contributed by atoms with Crippen LogP contribution in [-0.2, 0) is 9.47 Å². The van der Waals surface area contributed by atoms with Crippen LogP contribution in [0.1, 0.15) is 25.7 Å². The van der Waals surface area contributed by atoms with Gasteiger partial charge < -0.3 is 9.47 Å². The average molecular weight is 144 g/mol. The topological polar surface area (TPSA) is 18.5 Å². The summed E-state index contributed by atoms with van der Waals surface area (Å²) in [5, 5.41) is 0. The Hall–Kier alpha value is -0.0800. The Morgan fingerprint density at radius 1 is 1.30 bits per heavy atom. The lowest BCUT2D eigenvalue weighted by atomic mass is 10.1. The lowest BCUT2D eigenvalue weighted by Gasteiger charge is -2.07. The van der Waals surface area contributed by atoms with Crippen LogP contribution in [0.3, 0.4) is 0 Å². The first-order chi connectivity index (χ1) is 4.93. The SMILES string of the molecule is COCOCC1CCCC1. The van der Waals surface area contributed by atoms with Gasteiger partial charge in [-0.3, -0.25) is 0 Å². The minimum Gasteiger partial charge on any atom is -0.359 e. The number of methoxy groups -OCH3 is 1. The van der Waals surface area contributed by atoms with Gasteiger partial charge in [-0.25, -0.2) is 0 Å². The van der Waals surface area contributed by atoms with Gasteiger partial charge in [0.2, 0.25) is 0 Å². The molecule has 1 aliphatic rings. The summed E-state index contributed by atoms with van der Waals surface area (Å²) in [6.07, 6.45) is 5.48. The lowest BCUT2D eigenvalue weighted by Crippen LogP contribution is -2.06. The zero-order chi connectivity index (χ0) is 7.23. The van der Waals surface area contributed by atoms with Gasteiger partial charge in [-0.05, 0) is 18.8 Å². The third-order valence-electron chi connectivity index (χ3n) is 2.03. The molecule has 0 aromatic heterocycles. The molecule has 0 aliphatic heterocycles. The summed E-state index contributed by atoms with van der Waals surface area (Å²) in [4.78, 5) is 0. The molecule has 0 heterocycles. The summed E-state index contributed by atoms with van der Waals surface area (Å²) >= 11 is 0. The fraction of sp³-hybridized carbons (Fsp3) is 1.00. The maximum absolute atomic E-state index is 5.24. The molecule has 2 nitrogen and oxygen atoms in total. The third-order valence-corrected chi connectivity index (χ3v) is 2.03. The van der Waals surface area contributed by atoms with Crippen molar-refractivity contribution in [2.24, 2.45) is 5.92 Å². The van der Waals surface area contributed by atoms with E-state index in [4.69, 9.17) is 9.47 Å². The summed E-state index contributed by atoms with van der Waals surface area (Å²) in [6, 6.07) is 0. The average Bonchev–Trinajstić information content (AvgIpc) is 2.41. The molecule has 0 N–H and O–H groups in total. The molecule has 0 amide bonds. The Labute approximate surface area is 62.5 Å². The second-order valence-electron chi connectivity index (χ2n) is 2.93. The summed E-state index contributed by atoms with van der Waals surface area (Å²) in [5.41, 5.74) is 0. The van der Waals surface area contributed by atoms with Crippen molar-refractivity contribution in [1.82, 2.24) is 0 Å². The minimum absolute atomic E-state index is 0.455. The van der Waals surface area contributed by atoms with E-state index in [0.29, 0.717) is 6.79 Å². The molecule has 1 fully saturated rings. The third kappa shape index (κ3) is 2.67. The van der Waals surface area contributed by atoms with Gasteiger partial charge in [-0.1, -0.05) is 12.8 Å². The van der Waals surface area contributed by atoms with Gasteiger partial charge in [0.25, 0.3) is 0 Å². The number of hydrogen-bond donors (Lipinski definition) is 0. The van der Waals surface area contributed by atoms with Crippen LogP contribution in [0.2, 0.25) is 0 Å². The molecule has 0 saturated heterocycles. The molecule has 2 heteroatoms. The second kappa shape index (κ2) is 4.69. The molecule has 10 heavy (non-hydrogen) atoms. The lowest BCUT2D eigenvalue weighted by molar-refractivity contribution is -0.0425. The monoisotopic (exact) mass is 144 g/mol. The Morgan fingerprint density at radius 2 is 2.00 bits per heavy atom. The van der Waals surface area contributed by atoms with Crippen LogP contribution >= 0.6 is 0 Å². The molecule has 0 bridgehead atoms. The van der Waals surface area contributed by atoms with E-state index < -0.39 is 0 Å². The van der Waals surface area contributed by atoms with Gasteiger partial charge >= 0.3 is 0 Å². The molecule has 0 aromatic rings. The minimum atomic E-state index is 0.455. The molecule has 60 valence electrons. The van der Waals surface area contributed by atoms with Crippen molar-refractivity contribution in [1.29, 1.82) is 0 Å². The van der Waals surface area contributed by atoms with Crippen LogP contribution in [0.4, 0.5) is 0 Å². The Bertz CT molecular complexity index is 77.3. The smallest absolute Gasteiger partial charge is 0.146 e. The van der Waals surface area contributed by atoms with Crippen molar-refractivity contribution in [2.75, 3.05) is 20.5 Å². The van der Waals surface area contributed by atoms with Gasteiger partial charge in [0.15, 0.2) is 0 Å². The molecule has 1 rings (SSSR count). The summed E-state index contributed by atoms with van der Waals surface area (Å²) in [6.45, 7) is 1.35. The molecule has 1 aliphatic carbocycles. The van der Waals surface area contributed by atoms with Crippen LogP contribution in [0.25, 0.3) is 0 Å². The van der Waals surface area contributed by atoms with Crippen molar-refractivity contribution >= 4 is 0 Å². The predicted molar refractivity (Wildman–Crippen MR) is 39.8 cm³/mol. The normalized spacial score (nSPS) is 20.1. The molecule has 0 radical (unpaired) electrons. The molecule has 0 unspecified atom stereocenters. The Kier molecular flexibility index (Phi) is 3.76. The van der Waals surface area contributed by atoms with E-state index >= 15 is 0 Å². The quantitative estimate of drug-likeness (QED) is 0.442. The first-order valence-electron chi connectivity index (χ1n) is 4.00. The Balaban J connectivity index is 1.91. The highest BCUT2D eigenvalue weighted by Gasteiger charge is 2.14. The van der Waals surface area contributed by atoms with E-state index in [-0.39, 0.29) is 0 Å². The zero-order valence-electron chi connectivity index (χ0n) is 6.64. The van der Waals surface area contributed by atoms with Gasteiger partial charge in [0, 0.05) is 7.11 Å². The highest BCUT2D eigenvalue weighted by atomic mass is 16.7. The van der Waals surface area contributed by atoms with Crippen LogP contribution in [-0.4, -0.2) is 20.5 Å². The van der Waals surface area contributed by atoms with Crippen LogP contribution in [0.5, 0.6) is 0 Å². The van der Waals surface area contributed by atoms with Crippen LogP contribution in [0.15, 0.2) is 0 Å². The maximum Gasteiger partial charge on any atom is 0.146 e. The van der Waals surface area contributed by atoms with Crippen molar-refractivity contribution in [3.8, 4) is 0 Å². The van der Waals surface area contributed by atoms with Crippen LogP contribution in [0, 0.1) is 5.92 Å². The molecular formula is C8H16O2. The second-order valence-corrected chi connectivity index (χ2v) is 2.93. The van der Waals surface area contributed by atoms with E-state index in [9.17, 15) is 0 Å². The van der Waals surface area contributed by atoms with E-state index in [1.807, 2.05) is 0 Å². The van der Waals surface area contributed by atoms with Crippen molar-refractivity contribution in [3.05, 3.63) is 0 Å². The first kappa shape index (κ1) is 8.02. The summed E-state index contributed by atoms with van der Waals surface area (Å²) in [7, 11) is 1.66. The zero-order valence-corrected chi connectivity index (χ0v) is 6.64. The highest BCUT2D eigenvalue weighted by Crippen LogP contribution is 2.24. The van der Waals surface area contributed by atoms with Gasteiger partial charge in [0.1, 0.15) is 6.79 Å². The molecule has 0 atom stereocenters. The number of ether oxygens (including phenoxy) is 2. The predicted octanol–water partition coefficient (Wildman–Crippen LogP) is 1.80. The van der Waals surface area contributed by atoms with Crippen molar-refractivity contribution < 1.29 is 9.47 Å². The first-order valence-corrected chi connectivity index (χ1v) is 4.00. The van der Waals surface area contributed by atoms with E-state index in [1.165, 1.54) is 25.7 Å². The largest absolute Gasteiger partial charge is 0.359 e. The highest BCUT2D eigenvalue weighted by molar-refractivity contribution is 4.65. The van der Waals surface area contributed by atoms with Crippen molar-refractivity contribution in [2.45, 2.75) is 25.7 Å². The molecular weight excluding hydrogens is 128 g/mol. The maximum atomic E-state index is 5.24. The van der Waals surface area contributed by atoms with Gasteiger partial charge in [0.05, 0.1) is 6.61 Å². The molecule has 1 saturated carbocycles. The van der Waals surface area contributed by atoms with E-state index in [0.717, 1.165) is 12.5 Å². The molecule has 0 aromatic carbocycles. The summed E-state index contributed by atoms with van der Waals surface area (Å²) < 4.78 is 10.0. The van der Waals surface area contributed by atoms with E-state index in [2.05, 4.69) is 0 Å². The van der Waals surface area contributed by atoms with Crippen LogP contribution < -0.4 is 0 Å². The summed E-state index contributed by atoms with van der Waals surface area (Å²) in [5.74, 6) is 0.815. The molecule has 0 spiro atoms.